The van der Waals surface area contributed by atoms with Crippen molar-refractivity contribution in [2.75, 3.05) is 0 Å². The second kappa shape index (κ2) is 8.50. The Hall–Kier alpha value is -1.47. The third kappa shape index (κ3) is 6.01. The third-order valence-electron chi connectivity index (χ3n) is 5.52. The third-order valence-corrected chi connectivity index (χ3v) is 12.1. The first-order chi connectivity index (χ1) is 12.5. The van der Waals surface area contributed by atoms with E-state index in [4.69, 9.17) is 9.16 Å². The van der Waals surface area contributed by atoms with Gasteiger partial charge in [0, 0.05) is 18.8 Å². The van der Waals surface area contributed by atoms with Gasteiger partial charge in [-0.3, -0.25) is 9.59 Å². The molecule has 1 rings (SSSR count). The Balaban J connectivity index is 3.42. The summed E-state index contributed by atoms with van der Waals surface area (Å²) in [5.74, 6) is -0.431. The summed E-state index contributed by atoms with van der Waals surface area (Å²) in [6.07, 6.45) is 6.64. The highest BCUT2D eigenvalue weighted by molar-refractivity contribution is 6.83. The van der Waals surface area contributed by atoms with Gasteiger partial charge in [0.1, 0.15) is 0 Å². The van der Waals surface area contributed by atoms with Crippen LogP contribution in [0, 0.1) is 5.41 Å². The molecule has 1 aliphatic carbocycles. The van der Waals surface area contributed by atoms with Crippen LogP contribution in [0.4, 0.5) is 0 Å². The van der Waals surface area contributed by atoms with Crippen LogP contribution in [0.15, 0.2) is 41.8 Å². The molecule has 0 bridgehead atoms. The molecule has 1 aliphatic rings. The molecule has 156 valence electrons. The normalized spacial score (nSPS) is 17.8. The monoisotopic (exact) mass is 420 g/mol. The molecular weight excluding hydrogens is 384 g/mol. The van der Waals surface area contributed by atoms with Gasteiger partial charge >= 0.3 is 5.97 Å². The van der Waals surface area contributed by atoms with Gasteiger partial charge in [-0.2, -0.15) is 0 Å². The van der Waals surface area contributed by atoms with Gasteiger partial charge in [0.25, 0.3) is 0 Å². The SMILES string of the molecule is C=C=C(C1(CC(OC(C)=O)O[Si](C)(C)C(C)(C)C)C=CC(=O)C=C1)[Si](C)(C)C. The molecule has 0 fully saturated rings. The van der Waals surface area contributed by atoms with Crippen LogP contribution in [-0.2, 0) is 18.8 Å². The summed E-state index contributed by atoms with van der Waals surface area (Å²) >= 11 is 0. The summed E-state index contributed by atoms with van der Waals surface area (Å²) in [5.41, 5.74) is 2.55. The molecule has 4 nitrogen and oxygen atoms in total. The van der Waals surface area contributed by atoms with Gasteiger partial charge in [-0.05, 0) is 35.5 Å². The molecule has 0 saturated carbocycles. The Bertz CT molecular complexity index is 711. The predicted molar refractivity (Wildman–Crippen MR) is 120 cm³/mol. The lowest BCUT2D eigenvalue weighted by Gasteiger charge is -2.43. The summed E-state index contributed by atoms with van der Waals surface area (Å²) in [7, 11) is -4.01. The van der Waals surface area contributed by atoms with Crippen LogP contribution in [0.1, 0.15) is 34.1 Å². The number of esters is 1. The van der Waals surface area contributed by atoms with Crippen molar-refractivity contribution in [3.8, 4) is 0 Å². The van der Waals surface area contributed by atoms with E-state index in [0.29, 0.717) is 6.42 Å². The lowest BCUT2D eigenvalue weighted by atomic mass is 9.80. The average molecular weight is 421 g/mol. The fourth-order valence-corrected chi connectivity index (χ4v) is 6.52. The maximum atomic E-state index is 11.8. The molecule has 6 heteroatoms. The van der Waals surface area contributed by atoms with Gasteiger partial charge in [0.2, 0.25) is 0 Å². The van der Waals surface area contributed by atoms with E-state index < -0.39 is 28.1 Å². The molecule has 0 aromatic rings. The number of rotatable bonds is 7. The van der Waals surface area contributed by atoms with E-state index in [2.05, 4.69) is 65.8 Å². The summed E-state index contributed by atoms with van der Waals surface area (Å²) in [6, 6.07) is 0. The number of hydrogen-bond acceptors (Lipinski definition) is 4. The fraction of sp³-hybridized carbons (Fsp3) is 0.591. The quantitative estimate of drug-likeness (QED) is 0.234. The highest BCUT2D eigenvalue weighted by Crippen LogP contribution is 2.45. The minimum absolute atomic E-state index is 0.0251. The van der Waals surface area contributed by atoms with Crippen molar-refractivity contribution in [2.24, 2.45) is 5.41 Å². The number of hydrogen-bond donors (Lipinski definition) is 0. The number of carbonyl (C=O) groups excluding carboxylic acids is 2. The molecule has 0 aromatic heterocycles. The number of allylic oxidation sites excluding steroid dienone is 5. The minimum Gasteiger partial charge on any atom is -0.437 e. The van der Waals surface area contributed by atoms with Crippen molar-refractivity contribution in [1.29, 1.82) is 0 Å². The van der Waals surface area contributed by atoms with E-state index in [0.717, 1.165) is 5.20 Å². The van der Waals surface area contributed by atoms with Gasteiger partial charge in [0.05, 0.1) is 8.07 Å². The van der Waals surface area contributed by atoms with Gasteiger partial charge in [0.15, 0.2) is 20.4 Å². The van der Waals surface area contributed by atoms with E-state index in [9.17, 15) is 9.59 Å². The first-order valence-corrected chi connectivity index (χ1v) is 16.1. The molecule has 0 heterocycles. The van der Waals surface area contributed by atoms with Gasteiger partial charge in [-0.25, -0.2) is 0 Å². The smallest absolute Gasteiger partial charge is 0.304 e. The Morgan fingerprint density at radius 3 is 2.04 bits per heavy atom. The second-order valence-electron chi connectivity index (χ2n) is 10.0. The van der Waals surface area contributed by atoms with Crippen molar-refractivity contribution in [3.63, 3.8) is 0 Å². The van der Waals surface area contributed by atoms with Crippen LogP contribution in [0.25, 0.3) is 0 Å². The van der Waals surface area contributed by atoms with Crippen molar-refractivity contribution in [3.05, 3.63) is 41.8 Å². The number of ether oxygens (including phenoxy) is 1. The highest BCUT2D eigenvalue weighted by Gasteiger charge is 2.45. The summed E-state index contributed by atoms with van der Waals surface area (Å²) in [5, 5.41) is 1.04. The summed E-state index contributed by atoms with van der Waals surface area (Å²) in [4.78, 5) is 23.6. The molecule has 0 N–H and O–H groups in total. The molecule has 1 atom stereocenters. The van der Waals surface area contributed by atoms with Crippen molar-refractivity contribution in [1.82, 2.24) is 0 Å². The Kier molecular flexibility index (Phi) is 7.46. The van der Waals surface area contributed by atoms with Gasteiger partial charge in [-0.15, -0.1) is 5.73 Å². The van der Waals surface area contributed by atoms with E-state index in [1.54, 1.807) is 12.2 Å². The van der Waals surface area contributed by atoms with Crippen molar-refractivity contribution >= 4 is 28.1 Å². The van der Waals surface area contributed by atoms with Crippen molar-refractivity contribution < 1.29 is 18.8 Å². The molecule has 0 aliphatic heterocycles. The summed E-state index contributed by atoms with van der Waals surface area (Å²) < 4.78 is 12.1. The molecule has 1 unspecified atom stereocenters. The Morgan fingerprint density at radius 1 is 1.18 bits per heavy atom. The fourth-order valence-electron chi connectivity index (χ4n) is 3.18. The maximum absolute atomic E-state index is 11.8. The molecule has 0 spiro atoms. The van der Waals surface area contributed by atoms with Gasteiger partial charge < -0.3 is 9.16 Å². The second-order valence-corrected chi connectivity index (χ2v) is 19.8. The molecule has 0 radical (unpaired) electrons. The standard InChI is InChI=1S/C22H36O4Si2/c1-11-19(27(6,7)8)22(14-12-18(24)13-15-22)16-20(25-17(2)23)26-28(9,10)21(3,4)5/h12-15,20H,1,16H2,2-10H3. The Labute approximate surface area is 172 Å². The highest BCUT2D eigenvalue weighted by atomic mass is 28.4. The van der Waals surface area contributed by atoms with Crippen LogP contribution < -0.4 is 0 Å². The Morgan fingerprint density at radius 2 is 1.68 bits per heavy atom. The molecule has 28 heavy (non-hydrogen) atoms. The zero-order valence-electron chi connectivity index (χ0n) is 18.9. The molecule has 0 aromatic carbocycles. The maximum Gasteiger partial charge on any atom is 0.304 e. The predicted octanol–water partition coefficient (Wildman–Crippen LogP) is 5.56. The lowest BCUT2D eigenvalue weighted by molar-refractivity contribution is -0.165. The van der Waals surface area contributed by atoms with Crippen LogP contribution in [0.2, 0.25) is 37.8 Å². The minimum atomic E-state index is -2.18. The zero-order valence-corrected chi connectivity index (χ0v) is 20.9. The topological polar surface area (TPSA) is 52.6 Å². The van der Waals surface area contributed by atoms with E-state index in [1.807, 2.05) is 12.2 Å². The first kappa shape index (κ1) is 24.6. The zero-order chi connectivity index (χ0) is 22.0. The lowest BCUT2D eigenvalue weighted by Crippen LogP contribution is -2.47. The van der Waals surface area contributed by atoms with Crippen LogP contribution in [-0.4, -0.2) is 34.4 Å². The molecule has 0 amide bonds. The van der Waals surface area contributed by atoms with Crippen molar-refractivity contribution in [2.45, 2.75) is 78.2 Å². The van der Waals surface area contributed by atoms with Gasteiger partial charge in [-0.1, -0.05) is 59.1 Å². The number of carbonyl (C=O) groups is 2. The van der Waals surface area contributed by atoms with E-state index in [-0.39, 0.29) is 16.8 Å². The molecular formula is C22H36O4Si2. The van der Waals surface area contributed by atoms with E-state index >= 15 is 0 Å². The average Bonchev–Trinajstić information content (AvgIpc) is 2.47. The largest absolute Gasteiger partial charge is 0.437 e. The van der Waals surface area contributed by atoms with E-state index in [1.165, 1.54) is 6.92 Å². The van der Waals surface area contributed by atoms with Crippen LogP contribution in [0.5, 0.6) is 0 Å². The first-order valence-electron chi connectivity index (χ1n) is 9.72. The molecule has 0 saturated heterocycles. The number of ketones is 1. The van der Waals surface area contributed by atoms with Crippen LogP contribution in [0.3, 0.4) is 0 Å². The van der Waals surface area contributed by atoms with Crippen LogP contribution >= 0.6 is 0 Å². The summed E-state index contributed by atoms with van der Waals surface area (Å²) in [6.45, 7) is 22.7.